The van der Waals surface area contributed by atoms with Gasteiger partial charge in [0, 0.05) is 18.6 Å². The standard InChI is InChI=1S/C17H23NO4S/c1-12(17(20)18-8-9-21-2)22-16(19)11-23-15-7-6-13-4-3-5-14(13)10-15/h6-7,10,12H,3-5,8-9,11H2,1-2H3,(H,18,20)/t12-/m0/s1. The molecule has 1 amide bonds. The number of hydrogen-bond acceptors (Lipinski definition) is 5. The zero-order chi connectivity index (χ0) is 16.7. The fourth-order valence-corrected chi connectivity index (χ4v) is 3.23. The average Bonchev–Trinajstić information content (AvgIpc) is 3.00. The first-order valence-electron chi connectivity index (χ1n) is 7.81. The Bertz CT molecular complexity index is 562. The number of benzene rings is 1. The van der Waals surface area contributed by atoms with Crippen LogP contribution >= 0.6 is 11.8 Å². The topological polar surface area (TPSA) is 64.6 Å². The summed E-state index contributed by atoms with van der Waals surface area (Å²) >= 11 is 1.44. The van der Waals surface area contributed by atoms with E-state index in [4.69, 9.17) is 9.47 Å². The summed E-state index contributed by atoms with van der Waals surface area (Å²) in [4.78, 5) is 24.6. The predicted octanol–water partition coefficient (Wildman–Crippen LogP) is 1.96. The lowest BCUT2D eigenvalue weighted by molar-refractivity contribution is -0.152. The van der Waals surface area contributed by atoms with Crippen molar-refractivity contribution in [2.45, 2.75) is 37.2 Å². The number of hydrogen-bond donors (Lipinski definition) is 1. The first-order valence-corrected chi connectivity index (χ1v) is 8.79. The van der Waals surface area contributed by atoms with Crippen LogP contribution in [-0.2, 0) is 31.9 Å². The van der Waals surface area contributed by atoms with Gasteiger partial charge in [0.15, 0.2) is 6.10 Å². The maximum absolute atomic E-state index is 11.8. The van der Waals surface area contributed by atoms with Crippen molar-refractivity contribution in [3.05, 3.63) is 29.3 Å². The van der Waals surface area contributed by atoms with E-state index < -0.39 is 6.10 Å². The minimum Gasteiger partial charge on any atom is -0.452 e. The maximum Gasteiger partial charge on any atom is 0.317 e. The Hall–Kier alpha value is -1.53. The highest BCUT2D eigenvalue weighted by atomic mass is 32.2. The molecule has 0 saturated heterocycles. The molecular formula is C17H23NO4S. The van der Waals surface area contributed by atoms with Gasteiger partial charge in [-0.1, -0.05) is 6.07 Å². The van der Waals surface area contributed by atoms with Gasteiger partial charge in [-0.3, -0.25) is 9.59 Å². The highest BCUT2D eigenvalue weighted by Gasteiger charge is 2.18. The highest BCUT2D eigenvalue weighted by molar-refractivity contribution is 8.00. The molecule has 6 heteroatoms. The van der Waals surface area contributed by atoms with E-state index in [-0.39, 0.29) is 17.6 Å². The second kappa shape index (κ2) is 8.93. The predicted molar refractivity (Wildman–Crippen MR) is 89.6 cm³/mol. The second-order valence-corrected chi connectivity index (χ2v) is 6.54. The maximum atomic E-state index is 11.8. The molecule has 0 unspecified atom stereocenters. The van der Waals surface area contributed by atoms with Gasteiger partial charge in [-0.15, -0.1) is 11.8 Å². The van der Waals surface area contributed by atoms with Crippen LogP contribution in [0.1, 0.15) is 24.5 Å². The van der Waals surface area contributed by atoms with Crippen LogP contribution in [0.5, 0.6) is 0 Å². The molecule has 0 aliphatic heterocycles. The van der Waals surface area contributed by atoms with Crippen LogP contribution in [0, 0.1) is 0 Å². The first kappa shape index (κ1) is 17.8. The Morgan fingerprint density at radius 1 is 1.30 bits per heavy atom. The van der Waals surface area contributed by atoms with Crippen molar-refractivity contribution in [1.29, 1.82) is 0 Å². The van der Waals surface area contributed by atoms with E-state index in [0.29, 0.717) is 13.2 Å². The van der Waals surface area contributed by atoms with Gasteiger partial charge in [0.1, 0.15) is 0 Å². The number of carbonyl (C=O) groups is 2. The van der Waals surface area contributed by atoms with E-state index in [9.17, 15) is 9.59 Å². The lowest BCUT2D eigenvalue weighted by Gasteiger charge is -2.13. The minimum absolute atomic E-state index is 0.203. The van der Waals surface area contributed by atoms with Crippen LogP contribution in [0.4, 0.5) is 0 Å². The normalized spacial score (nSPS) is 14.2. The molecule has 0 radical (unpaired) electrons. The molecule has 0 aromatic heterocycles. The van der Waals surface area contributed by atoms with Crippen molar-refractivity contribution in [2.75, 3.05) is 26.0 Å². The van der Waals surface area contributed by atoms with E-state index in [1.807, 2.05) is 6.07 Å². The molecule has 23 heavy (non-hydrogen) atoms. The number of methoxy groups -OCH3 is 1. The van der Waals surface area contributed by atoms with Gasteiger partial charge in [0.2, 0.25) is 0 Å². The summed E-state index contributed by atoms with van der Waals surface area (Å²) in [5.41, 5.74) is 2.80. The molecule has 1 aliphatic carbocycles. The van der Waals surface area contributed by atoms with Crippen LogP contribution in [0.25, 0.3) is 0 Å². The molecule has 1 atom stereocenters. The van der Waals surface area contributed by atoms with Crippen molar-refractivity contribution in [3.8, 4) is 0 Å². The number of thioether (sulfide) groups is 1. The van der Waals surface area contributed by atoms with Gasteiger partial charge in [0.25, 0.3) is 5.91 Å². The zero-order valence-electron chi connectivity index (χ0n) is 13.6. The molecular weight excluding hydrogens is 314 g/mol. The van der Waals surface area contributed by atoms with Gasteiger partial charge in [-0.05, 0) is 49.4 Å². The molecule has 0 fully saturated rings. The van der Waals surface area contributed by atoms with Crippen LogP contribution in [0.2, 0.25) is 0 Å². The molecule has 0 spiro atoms. The van der Waals surface area contributed by atoms with Crippen molar-refractivity contribution in [1.82, 2.24) is 5.32 Å². The van der Waals surface area contributed by atoms with Crippen LogP contribution in [0.15, 0.2) is 23.1 Å². The van der Waals surface area contributed by atoms with E-state index in [1.165, 1.54) is 29.3 Å². The molecule has 1 aromatic rings. The fraction of sp³-hybridized carbons (Fsp3) is 0.529. The van der Waals surface area contributed by atoms with E-state index in [0.717, 1.165) is 17.7 Å². The Morgan fingerprint density at radius 2 is 2.09 bits per heavy atom. The monoisotopic (exact) mass is 337 g/mol. The average molecular weight is 337 g/mol. The molecule has 0 bridgehead atoms. The van der Waals surface area contributed by atoms with E-state index >= 15 is 0 Å². The van der Waals surface area contributed by atoms with Crippen molar-refractivity contribution in [2.24, 2.45) is 0 Å². The molecule has 5 nitrogen and oxygen atoms in total. The number of ether oxygens (including phenoxy) is 2. The quantitative estimate of drug-likeness (QED) is 0.446. The first-order chi connectivity index (χ1) is 11.1. The summed E-state index contributed by atoms with van der Waals surface area (Å²) < 4.78 is 9.99. The summed E-state index contributed by atoms with van der Waals surface area (Å²) in [6, 6.07) is 6.34. The van der Waals surface area contributed by atoms with Crippen LogP contribution in [0.3, 0.4) is 0 Å². The van der Waals surface area contributed by atoms with Gasteiger partial charge in [-0.25, -0.2) is 0 Å². The zero-order valence-corrected chi connectivity index (χ0v) is 14.4. The third kappa shape index (κ3) is 5.55. The summed E-state index contributed by atoms with van der Waals surface area (Å²) in [6.45, 7) is 2.40. The molecule has 1 aliphatic rings. The van der Waals surface area contributed by atoms with Crippen LogP contribution in [-0.4, -0.2) is 44.0 Å². The summed E-state index contributed by atoms with van der Waals surface area (Å²) in [7, 11) is 1.56. The van der Waals surface area contributed by atoms with E-state index in [1.54, 1.807) is 14.0 Å². The summed E-state index contributed by atoms with van der Waals surface area (Å²) in [5, 5.41) is 2.64. The number of aryl methyl sites for hydroxylation is 2. The molecule has 1 N–H and O–H groups in total. The number of fused-ring (bicyclic) bond motifs is 1. The smallest absolute Gasteiger partial charge is 0.317 e. The summed E-state index contributed by atoms with van der Waals surface area (Å²) in [5.74, 6) is -0.489. The lowest BCUT2D eigenvalue weighted by atomic mass is 10.1. The van der Waals surface area contributed by atoms with E-state index in [2.05, 4.69) is 17.4 Å². The minimum atomic E-state index is -0.792. The van der Waals surface area contributed by atoms with Crippen LogP contribution < -0.4 is 5.32 Å². The van der Waals surface area contributed by atoms with Crippen molar-refractivity contribution < 1.29 is 19.1 Å². The van der Waals surface area contributed by atoms with Crippen molar-refractivity contribution in [3.63, 3.8) is 0 Å². The molecule has 0 saturated carbocycles. The number of nitrogens with one attached hydrogen (secondary N) is 1. The molecule has 1 aromatic carbocycles. The number of amides is 1. The van der Waals surface area contributed by atoms with Crippen molar-refractivity contribution >= 4 is 23.6 Å². The van der Waals surface area contributed by atoms with Gasteiger partial charge >= 0.3 is 5.97 Å². The third-order valence-electron chi connectivity index (χ3n) is 3.71. The Labute approximate surface area is 141 Å². The number of carbonyl (C=O) groups excluding carboxylic acids is 2. The van der Waals surface area contributed by atoms with Gasteiger partial charge in [0.05, 0.1) is 12.4 Å². The Kier molecular flexibility index (Phi) is 6.92. The lowest BCUT2D eigenvalue weighted by Crippen LogP contribution is -2.37. The number of rotatable bonds is 8. The molecule has 2 rings (SSSR count). The molecule has 126 valence electrons. The highest BCUT2D eigenvalue weighted by Crippen LogP contribution is 2.27. The Balaban J connectivity index is 1.73. The largest absolute Gasteiger partial charge is 0.452 e. The molecule has 0 heterocycles. The summed E-state index contributed by atoms with van der Waals surface area (Å²) in [6.07, 6.45) is 2.69. The number of esters is 1. The Morgan fingerprint density at radius 3 is 2.87 bits per heavy atom. The third-order valence-corrected chi connectivity index (χ3v) is 4.68. The SMILES string of the molecule is COCCNC(=O)[C@H](C)OC(=O)CSc1ccc2c(c1)CCC2. The fourth-order valence-electron chi connectivity index (χ4n) is 2.48. The van der Waals surface area contributed by atoms with Gasteiger partial charge in [-0.2, -0.15) is 0 Å². The second-order valence-electron chi connectivity index (χ2n) is 5.49. The van der Waals surface area contributed by atoms with Gasteiger partial charge < -0.3 is 14.8 Å².